The lowest BCUT2D eigenvalue weighted by atomic mass is 9.99. The quantitative estimate of drug-likeness (QED) is 0.726. The molecule has 2 N–H and O–H groups in total. The van der Waals surface area contributed by atoms with Crippen LogP contribution >= 0.6 is 11.6 Å². The largest absolute Gasteiger partial charge is 0.388 e. The lowest BCUT2D eigenvalue weighted by molar-refractivity contribution is 0.0943. The Morgan fingerprint density at radius 3 is 2.54 bits per heavy atom. The summed E-state index contributed by atoms with van der Waals surface area (Å²) >= 11 is 6.01. The molecule has 4 heteroatoms. The van der Waals surface area contributed by atoms with Crippen LogP contribution in [0.4, 0.5) is 0 Å². The van der Waals surface area contributed by atoms with Crippen molar-refractivity contribution in [2.24, 2.45) is 0 Å². The fourth-order valence-electron chi connectivity index (χ4n) is 2.76. The molecular formula is C20H18ClNO2. The van der Waals surface area contributed by atoms with E-state index in [9.17, 15) is 9.90 Å². The van der Waals surface area contributed by atoms with Gasteiger partial charge in [-0.1, -0.05) is 66.2 Å². The van der Waals surface area contributed by atoms with E-state index in [1.165, 1.54) is 0 Å². The van der Waals surface area contributed by atoms with Gasteiger partial charge in [0.25, 0.3) is 5.91 Å². The van der Waals surface area contributed by atoms with Gasteiger partial charge in [0.15, 0.2) is 0 Å². The molecule has 24 heavy (non-hydrogen) atoms. The van der Waals surface area contributed by atoms with E-state index in [2.05, 4.69) is 5.32 Å². The third-order valence-corrected chi connectivity index (χ3v) is 4.33. The molecule has 0 aromatic heterocycles. The van der Waals surface area contributed by atoms with Crippen LogP contribution < -0.4 is 5.32 Å². The van der Waals surface area contributed by atoms with Crippen molar-refractivity contribution in [3.8, 4) is 0 Å². The molecule has 3 rings (SSSR count). The second-order valence-corrected chi connectivity index (χ2v) is 6.02. The second-order valence-electron chi connectivity index (χ2n) is 5.61. The first-order valence-electron chi connectivity index (χ1n) is 7.85. The molecule has 0 aliphatic carbocycles. The molecule has 0 bridgehead atoms. The lowest BCUT2D eigenvalue weighted by Crippen LogP contribution is -2.25. The summed E-state index contributed by atoms with van der Waals surface area (Å²) in [4.78, 5) is 12.1. The van der Waals surface area contributed by atoms with Gasteiger partial charge in [-0.3, -0.25) is 4.79 Å². The molecule has 3 aromatic rings. The Morgan fingerprint density at radius 2 is 1.71 bits per heavy atom. The van der Waals surface area contributed by atoms with Crippen molar-refractivity contribution in [2.45, 2.75) is 12.5 Å². The molecule has 122 valence electrons. The fraction of sp³-hybridized carbons (Fsp3) is 0.150. The van der Waals surface area contributed by atoms with Crippen molar-refractivity contribution >= 4 is 28.3 Å². The summed E-state index contributed by atoms with van der Waals surface area (Å²) < 4.78 is 0. The summed E-state index contributed by atoms with van der Waals surface area (Å²) in [6.07, 6.45) is -0.202. The van der Waals surface area contributed by atoms with Crippen molar-refractivity contribution in [3.63, 3.8) is 0 Å². The van der Waals surface area contributed by atoms with E-state index >= 15 is 0 Å². The standard InChI is InChI=1S/C20H18ClNO2/c21-18-11-4-3-9-17(18)20(24)22-13-12-19(23)16-10-5-7-14-6-1-2-8-15(14)16/h1-11,19,23H,12-13H2,(H,22,24). The molecule has 0 radical (unpaired) electrons. The van der Waals surface area contributed by atoms with Crippen molar-refractivity contribution < 1.29 is 9.90 Å². The molecule has 0 aliphatic heterocycles. The van der Waals surface area contributed by atoms with Gasteiger partial charge in [0.05, 0.1) is 16.7 Å². The zero-order valence-electron chi connectivity index (χ0n) is 13.1. The zero-order valence-corrected chi connectivity index (χ0v) is 13.8. The van der Waals surface area contributed by atoms with E-state index in [1.807, 2.05) is 42.5 Å². The second kappa shape index (κ2) is 7.47. The molecule has 0 spiro atoms. The number of halogens is 1. The van der Waals surface area contributed by atoms with Crippen LogP contribution in [0.15, 0.2) is 66.7 Å². The van der Waals surface area contributed by atoms with E-state index < -0.39 is 6.10 Å². The number of carbonyl (C=O) groups is 1. The molecule has 1 atom stereocenters. The van der Waals surface area contributed by atoms with Crippen LogP contribution in [0.2, 0.25) is 5.02 Å². The maximum absolute atomic E-state index is 12.1. The number of aliphatic hydroxyl groups is 1. The van der Waals surface area contributed by atoms with Gasteiger partial charge in [0, 0.05) is 6.54 Å². The minimum atomic E-state index is -0.636. The zero-order chi connectivity index (χ0) is 16.9. The average molecular weight is 340 g/mol. The number of nitrogens with one attached hydrogen (secondary N) is 1. The normalized spacial score (nSPS) is 12.1. The molecule has 0 fully saturated rings. The molecule has 0 saturated carbocycles. The highest BCUT2D eigenvalue weighted by atomic mass is 35.5. The number of benzene rings is 3. The Labute approximate surface area is 145 Å². The lowest BCUT2D eigenvalue weighted by Gasteiger charge is -2.14. The fourth-order valence-corrected chi connectivity index (χ4v) is 2.98. The summed E-state index contributed by atoms with van der Waals surface area (Å²) in [5.74, 6) is -0.231. The Balaban J connectivity index is 1.64. The van der Waals surface area contributed by atoms with Gasteiger partial charge in [0.2, 0.25) is 0 Å². The Kier molecular flexibility index (Phi) is 5.14. The van der Waals surface area contributed by atoms with Crippen LogP contribution in [-0.2, 0) is 0 Å². The Hall–Kier alpha value is -2.36. The van der Waals surface area contributed by atoms with Gasteiger partial charge >= 0.3 is 0 Å². The molecule has 0 aliphatic rings. The number of rotatable bonds is 5. The van der Waals surface area contributed by atoms with E-state index in [4.69, 9.17) is 11.6 Å². The molecule has 1 amide bonds. The van der Waals surface area contributed by atoms with Gasteiger partial charge in [0.1, 0.15) is 0 Å². The first kappa shape index (κ1) is 16.5. The monoisotopic (exact) mass is 339 g/mol. The van der Waals surface area contributed by atoms with Crippen LogP contribution in [0.3, 0.4) is 0 Å². The molecule has 3 aromatic carbocycles. The number of amides is 1. The summed E-state index contributed by atoms with van der Waals surface area (Å²) in [5, 5.41) is 15.8. The topological polar surface area (TPSA) is 49.3 Å². The minimum Gasteiger partial charge on any atom is -0.388 e. The number of aliphatic hydroxyl groups excluding tert-OH is 1. The van der Waals surface area contributed by atoms with Gasteiger partial charge in [-0.05, 0) is 34.9 Å². The first-order valence-corrected chi connectivity index (χ1v) is 8.23. The van der Waals surface area contributed by atoms with Crippen molar-refractivity contribution in [3.05, 3.63) is 82.9 Å². The van der Waals surface area contributed by atoms with E-state index in [0.717, 1.165) is 16.3 Å². The molecule has 1 unspecified atom stereocenters. The number of fused-ring (bicyclic) bond motifs is 1. The Bertz CT molecular complexity index is 858. The van der Waals surface area contributed by atoms with Crippen LogP contribution in [0.1, 0.15) is 28.4 Å². The smallest absolute Gasteiger partial charge is 0.252 e. The van der Waals surface area contributed by atoms with E-state index in [0.29, 0.717) is 23.6 Å². The van der Waals surface area contributed by atoms with Gasteiger partial charge in [-0.2, -0.15) is 0 Å². The molecular weight excluding hydrogens is 322 g/mol. The summed E-state index contributed by atoms with van der Waals surface area (Å²) in [6, 6.07) is 20.7. The molecule has 0 saturated heterocycles. The molecule has 3 nitrogen and oxygen atoms in total. The third-order valence-electron chi connectivity index (χ3n) is 4.00. The predicted octanol–water partition coefficient (Wildman–Crippen LogP) is 4.35. The van der Waals surface area contributed by atoms with Crippen LogP contribution in [-0.4, -0.2) is 17.6 Å². The number of hydrogen-bond acceptors (Lipinski definition) is 2. The summed E-state index contributed by atoms with van der Waals surface area (Å²) in [7, 11) is 0. The number of carbonyl (C=O) groups excluding carboxylic acids is 1. The van der Waals surface area contributed by atoms with Crippen LogP contribution in [0.25, 0.3) is 10.8 Å². The molecule has 0 heterocycles. The first-order chi connectivity index (χ1) is 11.7. The minimum absolute atomic E-state index is 0.231. The van der Waals surface area contributed by atoms with Gasteiger partial charge < -0.3 is 10.4 Å². The van der Waals surface area contributed by atoms with Crippen molar-refractivity contribution in [1.29, 1.82) is 0 Å². The van der Waals surface area contributed by atoms with Crippen LogP contribution in [0, 0.1) is 0 Å². The predicted molar refractivity (Wildman–Crippen MR) is 97.3 cm³/mol. The highest BCUT2D eigenvalue weighted by molar-refractivity contribution is 6.33. The SMILES string of the molecule is O=C(NCCC(O)c1cccc2ccccc12)c1ccccc1Cl. The van der Waals surface area contributed by atoms with E-state index in [1.54, 1.807) is 24.3 Å². The third kappa shape index (κ3) is 3.58. The van der Waals surface area contributed by atoms with Gasteiger partial charge in [-0.15, -0.1) is 0 Å². The maximum atomic E-state index is 12.1. The average Bonchev–Trinajstić information content (AvgIpc) is 2.61. The highest BCUT2D eigenvalue weighted by Gasteiger charge is 2.13. The maximum Gasteiger partial charge on any atom is 0.252 e. The van der Waals surface area contributed by atoms with Crippen molar-refractivity contribution in [1.82, 2.24) is 5.32 Å². The van der Waals surface area contributed by atoms with Gasteiger partial charge in [-0.25, -0.2) is 0 Å². The highest BCUT2D eigenvalue weighted by Crippen LogP contribution is 2.26. The van der Waals surface area contributed by atoms with E-state index in [-0.39, 0.29) is 5.91 Å². The summed E-state index contributed by atoms with van der Waals surface area (Å²) in [5.41, 5.74) is 1.32. The van der Waals surface area contributed by atoms with Crippen molar-refractivity contribution in [2.75, 3.05) is 6.54 Å². The summed E-state index contributed by atoms with van der Waals surface area (Å²) in [6.45, 7) is 0.369. The number of hydrogen-bond donors (Lipinski definition) is 2. The Morgan fingerprint density at radius 1 is 1.00 bits per heavy atom. The van der Waals surface area contributed by atoms with Crippen LogP contribution in [0.5, 0.6) is 0 Å².